The van der Waals surface area contributed by atoms with Crippen molar-refractivity contribution in [1.82, 2.24) is 10.5 Å². The highest BCUT2D eigenvalue weighted by Gasteiger charge is 2.07. The van der Waals surface area contributed by atoms with Gasteiger partial charge in [0.15, 0.2) is 6.61 Å². The molecule has 0 saturated heterocycles. The Morgan fingerprint density at radius 2 is 2.50 bits per heavy atom. The van der Waals surface area contributed by atoms with Crippen LogP contribution in [0.15, 0.2) is 10.6 Å². The number of aryl methyl sites for hydroxylation is 1. The van der Waals surface area contributed by atoms with Gasteiger partial charge in [-0.2, -0.15) is 0 Å². The molecule has 0 fully saturated rings. The number of carbonyl (C=O) groups is 1. The molecule has 6 nitrogen and oxygen atoms in total. The normalized spacial score (nSPS) is 12.2. The van der Waals surface area contributed by atoms with Crippen LogP contribution in [0.4, 0.5) is 0 Å². The van der Waals surface area contributed by atoms with Gasteiger partial charge in [0.25, 0.3) is 11.8 Å². The van der Waals surface area contributed by atoms with E-state index in [4.69, 9.17) is 14.4 Å². The van der Waals surface area contributed by atoms with Gasteiger partial charge >= 0.3 is 0 Å². The zero-order valence-electron chi connectivity index (χ0n) is 9.40. The van der Waals surface area contributed by atoms with E-state index in [2.05, 4.69) is 10.5 Å². The minimum absolute atomic E-state index is 0.0400. The van der Waals surface area contributed by atoms with Crippen LogP contribution in [0.3, 0.4) is 0 Å². The predicted octanol–water partition coefficient (Wildman–Crippen LogP) is 0.106. The largest absolute Gasteiger partial charge is 0.465 e. The number of hydrogen-bond acceptors (Lipinski definition) is 5. The minimum Gasteiger partial charge on any atom is -0.465 e. The van der Waals surface area contributed by atoms with E-state index >= 15 is 0 Å². The molecule has 1 amide bonds. The third-order valence-electron chi connectivity index (χ3n) is 1.92. The highest BCUT2D eigenvalue weighted by molar-refractivity contribution is 5.77. The van der Waals surface area contributed by atoms with E-state index in [1.54, 1.807) is 13.0 Å². The molecule has 1 atom stereocenters. The smallest absolute Gasteiger partial charge is 0.258 e. The maximum Gasteiger partial charge on any atom is 0.258 e. The van der Waals surface area contributed by atoms with E-state index in [0.29, 0.717) is 18.2 Å². The van der Waals surface area contributed by atoms with Gasteiger partial charge in [-0.1, -0.05) is 6.92 Å². The molecule has 16 heavy (non-hydrogen) atoms. The van der Waals surface area contributed by atoms with Crippen molar-refractivity contribution in [3.05, 3.63) is 11.8 Å². The number of aliphatic hydroxyl groups is 1. The van der Waals surface area contributed by atoms with Crippen molar-refractivity contribution < 1.29 is 19.2 Å². The molecule has 1 aromatic rings. The molecule has 0 saturated carbocycles. The Labute approximate surface area is 93.6 Å². The first-order chi connectivity index (χ1) is 7.61. The molecule has 0 aliphatic rings. The Morgan fingerprint density at radius 1 is 1.75 bits per heavy atom. The molecule has 1 unspecified atom stereocenters. The number of nitrogens with zero attached hydrogens (tertiary/aromatic N) is 1. The summed E-state index contributed by atoms with van der Waals surface area (Å²) in [5.74, 6) is 0.714. The quantitative estimate of drug-likeness (QED) is 0.721. The molecule has 90 valence electrons. The van der Waals surface area contributed by atoms with Gasteiger partial charge < -0.3 is 19.7 Å². The molecule has 6 heteroatoms. The van der Waals surface area contributed by atoms with E-state index in [-0.39, 0.29) is 25.0 Å². The minimum atomic E-state index is -0.249. The number of aromatic nitrogens is 1. The zero-order chi connectivity index (χ0) is 12.0. The highest BCUT2D eigenvalue weighted by Crippen LogP contribution is 2.09. The van der Waals surface area contributed by atoms with E-state index in [1.165, 1.54) is 0 Å². The molecule has 0 aliphatic carbocycles. The summed E-state index contributed by atoms with van der Waals surface area (Å²) in [7, 11) is 0. The fourth-order valence-electron chi connectivity index (χ4n) is 0.955. The lowest BCUT2D eigenvalue weighted by molar-refractivity contribution is -0.123. The van der Waals surface area contributed by atoms with Crippen LogP contribution >= 0.6 is 0 Å². The van der Waals surface area contributed by atoms with Gasteiger partial charge in [-0.25, -0.2) is 0 Å². The second kappa shape index (κ2) is 6.12. The summed E-state index contributed by atoms with van der Waals surface area (Å²) >= 11 is 0. The number of amides is 1. The fraction of sp³-hybridized carbons (Fsp3) is 0.600. The van der Waals surface area contributed by atoms with Crippen molar-refractivity contribution in [2.24, 2.45) is 5.92 Å². The van der Waals surface area contributed by atoms with Crippen molar-refractivity contribution >= 4 is 5.91 Å². The first-order valence-electron chi connectivity index (χ1n) is 5.05. The van der Waals surface area contributed by atoms with Crippen molar-refractivity contribution in [2.75, 3.05) is 19.8 Å². The molecule has 1 rings (SSSR count). The first-order valence-corrected chi connectivity index (χ1v) is 5.05. The van der Waals surface area contributed by atoms with E-state index in [0.717, 1.165) is 0 Å². The van der Waals surface area contributed by atoms with E-state index < -0.39 is 0 Å². The standard InChI is InChI=1S/C10H16N2O4/c1-7(5-13)4-11-9(14)6-15-10-3-8(2)16-12-10/h3,7,13H,4-6H2,1-2H3,(H,11,14). The number of aliphatic hydroxyl groups excluding tert-OH is 1. The predicted molar refractivity (Wildman–Crippen MR) is 56.0 cm³/mol. The maximum absolute atomic E-state index is 11.3. The molecule has 1 aromatic heterocycles. The van der Waals surface area contributed by atoms with Gasteiger partial charge in [0.1, 0.15) is 5.76 Å². The van der Waals surface area contributed by atoms with Gasteiger partial charge in [0, 0.05) is 19.2 Å². The van der Waals surface area contributed by atoms with Crippen molar-refractivity contribution in [3.8, 4) is 5.88 Å². The summed E-state index contributed by atoms with van der Waals surface area (Å²) in [5, 5.41) is 15.0. The van der Waals surface area contributed by atoms with Gasteiger partial charge in [-0.15, -0.1) is 0 Å². The van der Waals surface area contributed by atoms with Crippen LogP contribution in [0.1, 0.15) is 12.7 Å². The van der Waals surface area contributed by atoms with Crippen LogP contribution in [0.5, 0.6) is 5.88 Å². The number of hydrogen-bond donors (Lipinski definition) is 2. The third-order valence-corrected chi connectivity index (χ3v) is 1.92. The van der Waals surface area contributed by atoms with Gasteiger partial charge in [-0.3, -0.25) is 4.79 Å². The topological polar surface area (TPSA) is 84.6 Å². The van der Waals surface area contributed by atoms with Crippen LogP contribution in [0.2, 0.25) is 0 Å². The lowest BCUT2D eigenvalue weighted by Crippen LogP contribution is -2.33. The Bertz CT molecular complexity index is 337. The van der Waals surface area contributed by atoms with Crippen molar-refractivity contribution in [2.45, 2.75) is 13.8 Å². The summed E-state index contributed by atoms with van der Waals surface area (Å²) in [6.45, 7) is 3.94. The second-order valence-corrected chi connectivity index (χ2v) is 3.66. The molecule has 2 N–H and O–H groups in total. The summed E-state index contributed by atoms with van der Waals surface area (Å²) in [6.07, 6.45) is 0. The van der Waals surface area contributed by atoms with E-state index in [1.807, 2.05) is 6.92 Å². The van der Waals surface area contributed by atoms with Gasteiger partial charge in [0.2, 0.25) is 0 Å². The molecular weight excluding hydrogens is 212 g/mol. The molecule has 0 aromatic carbocycles. The number of nitrogens with one attached hydrogen (secondary N) is 1. The summed E-state index contributed by atoms with van der Waals surface area (Å²) in [4.78, 5) is 11.3. The van der Waals surface area contributed by atoms with Crippen LogP contribution < -0.4 is 10.1 Å². The Kier molecular flexibility index (Phi) is 4.78. The molecule has 0 spiro atoms. The van der Waals surface area contributed by atoms with Crippen LogP contribution in [-0.4, -0.2) is 35.9 Å². The van der Waals surface area contributed by atoms with Crippen LogP contribution in [0.25, 0.3) is 0 Å². The molecule has 0 bridgehead atoms. The van der Waals surface area contributed by atoms with Crippen molar-refractivity contribution in [1.29, 1.82) is 0 Å². The summed E-state index contributed by atoms with van der Waals surface area (Å²) < 4.78 is 9.85. The molecule has 0 aliphatic heterocycles. The van der Waals surface area contributed by atoms with Gasteiger partial charge in [0.05, 0.1) is 0 Å². The molecule has 0 radical (unpaired) electrons. The Balaban J connectivity index is 2.20. The zero-order valence-corrected chi connectivity index (χ0v) is 9.40. The molecular formula is C10H16N2O4. The second-order valence-electron chi connectivity index (χ2n) is 3.66. The first kappa shape index (κ1) is 12.5. The van der Waals surface area contributed by atoms with Gasteiger partial charge in [-0.05, 0) is 18.0 Å². The number of ether oxygens (including phenoxy) is 1. The fourth-order valence-corrected chi connectivity index (χ4v) is 0.955. The Morgan fingerprint density at radius 3 is 3.06 bits per heavy atom. The summed E-state index contributed by atoms with van der Waals surface area (Å²) in [5.41, 5.74) is 0. The SMILES string of the molecule is Cc1cc(OCC(=O)NCC(C)CO)no1. The van der Waals surface area contributed by atoms with Crippen LogP contribution in [0, 0.1) is 12.8 Å². The van der Waals surface area contributed by atoms with E-state index in [9.17, 15) is 4.79 Å². The Hall–Kier alpha value is -1.56. The average Bonchev–Trinajstić information content (AvgIpc) is 2.69. The lowest BCUT2D eigenvalue weighted by Gasteiger charge is -2.09. The molecule has 1 heterocycles. The maximum atomic E-state index is 11.3. The van der Waals surface area contributed by atoms with Crippen molar-refractivity contribution in [3.63, 3.8) is 0 Å². The number of rotatable bonds is 6. The highest BCUT2D eigenvalue weighted by atomic mass is 16.5. The number of carbonyl (C=O) groups excluding carboxylic acids is 1. The lowest BCUT2D eigenvalue weighted by atomic mass is 10.2. The average molecular weight is 228 g/mol. The third kappa shape index (κ3) is 4.31. The monoisotopic (exact) mass is 228 g/mol. The summed E-state index contributed by atoms with van der Waals surface area (Å²) in [6, 6.07) is 1.60. The van der Waals surface area contributed by atoms with Crippen LogP contribution in [-0.2, 0) is 4.79 Å².